The number of rotatable bonds is 9. The van der Waals surface area contributed by atoms with Crippen LogP contribution in [0.25, 0.3) is 0 Å². The van der Waals surface area contributed by atoms with Gasteiger partial charge in [0.25, 0.3) is 0 Å². The Hall–Kier alpha value is -0.710. The largest absolute Gasteiger partial charge is 0.466 e. The maximum atomic E-state index is 12.7. The first-order chi connectivity index (χ1) is 13.6. The minimum Gasteiger partial charge on any atom is -0.466 e. The highest BCUT2D eigenvalue weighted by atomic mass is 127. The van der Waals surface area contributed by atoms with Crippen LogP contribution in [0.5, 0.6) is 0 Å². The van der Waals surface area contributed by atoms with Crippen LogP contribution >= 0.6 is 67.8 Å². The second-order valence-corrected chi connectivity index (χ2v) is 9.06. The number of anilines is 2. The van der Waals surface area contributed by atoms with Crippen LogP contribution in [-0.4, -0.2) is 37.0 Å². The zero-order valence-corrected chi connectivity index (χ0v) is 22.6. The monoisotopic (exact) mass is 742 g/mol. The van der Waals surface area contributed by atoms with Crippen LogP contribution in [0.1, 0.15) is 50.4 Å². The summed E-state index contributed by atoms with van der Waals surface area (Å²) >= 11 is 5.97. The molecule has 2 amide bonds. The molecule has 1 aromatic rings. The normalized spacial score (nSPS) is 10.3. The van der Waals surface area contributed by atoms with E-state index in [1.165, 1.54) is 13.8 Å². The van der Waals surface area contributed by atoms with Crippen LogP contribution in [0.2, 0.25) is 0 Å². The van der Waals surface area contributed by atoms with Crippen molar-refractivity contribution in [2.45, 2.75) is 40.0 Å². The molecule has 0 saturated heterocycles. The van der Waals surface area contributed by atoms with E-state index in [2.05, 4.69) is 10.6 Å². The summed E-state index contributed by atoms with van der Waals surface area (Å²) in [5, 5.41) is 5.42. The van der Waals surface area contributed by atoms with Crippen molar-refractivity contribution >= 4 is 103 Å². The Morgan fingerprint density at radius 2 is 1.34 bits per heavy atom. The number of ether oxygens (including phenoxy) is 2. The van der Waals surface area contributed by atoms with Gasteiger partial charge in [-0.25, -0.2) is 4.79 Å². The SMILES string of the molecule is CCOC(=O)CCCCOC(=O)c1c(I)c(NC(C)=O)c(I)c(NC(C)=O)c1I. The molecule has 0 fully saturated rings. The van der Waals surface area contributed by atoms with E-state index in [1.807, 2.05) is 67.8 Å². The summed E-state index contributed by atoms with van der Waals surface area (Å²) in [7, 11) is 0. The number of hydrogen-bond acceptors (Lipinski definition) is 6. The Kier molecular flexibility index (Phi) is 11.7. The van der Waals surface area contributed by atoms with Gasteiger partial charge in [-0.3, -0.25) is 14.4 Å². The van der Waals surface area contributed by atoms with Crippen molar-refractivity contribution < 1.29 is 28.7 Å². The van der Waals surface area contributed by atoms with E-state index in [4.69, 9.17) is 9.47 Å². The molecule has 11 heteroatoms. The number of amides is 2. The lowest BCUT2D eigenvalue weighted by Gasteiger charge is -2.19. The van der Waals surface area contributed by atoms with E-state index in [0.29, 0.717) is 41.5 Å². The van der Waals surface area contributed by atoms with E-state index in [0.717, 1.165) is 0 Å². The molecule has 2 N–H and O–H groups in total. The summed E-state index contributed by atoms with van der Waals surface area (Å²) in [6.45, 7) is 4.95. The van der Waals surface area contributed by atoms with Gasteiger partial charge in [-0.2, -0.15) is 0 Å². The molecular weight excluding hydrogens is 721 g/mol. The van der Waals surface area contributed by atoms with Gasteiger partial charge < -0.3 is 20.1 Å². The van der Waals surface area contributed by atoms with Crippen molar-refractivity contribution in [2.24, 2.45) is 0 Å². The highest BCUT2D eigenvalue weighted by Crippen LogP contribution is 2.39. The number of benzene rings is 1. The summed E-state index contributed by atoms with van der Waals surface area (Å²) in [6, 6.07) is 0. The zero-order chi connectivity index (χ0) is 22.1. The summed E-state index contributed by atoms with van der Waals surface area (Å²) in [6.07, 6.45) is 1.32. The molecule has 0 aromatic heterocycles. The summed E-state index contributed by atoms with van der Waals surface area (Å²) in [4.78, 5) is 47.3. The van der Waals surface area contributed by atoms with Crippen LogP contribution in [0.15, 0.2) is 0 Å². The fraction of sp³-hybridized carbons (Fsp3) is 0.444. The van der Waals surface area contributed by atoms with Gasteiger partial charge in [0.1, 0.15) is 0 Å². The molecule has 0 aliphatic rings. The van der Waals surface area contributed by atoms with Gasteiger partial charge in [0, 0.05) is 20.3 Å². The van der Waals surface area contributed by atoms with E-state index >= 15 is 0 Å². The van der Waals surface area contributed by atoms with Crippen molar-refractivity contribution in [2.75, 3.05) is 23.8 Å². The van der Waals surface area contributed by atoms with Gasteiger partial charge in [-0.05, 0) is 87.5 Å². The molecule has 1 rings (SSSR count). The number of hydrogen-bond donors (Lipinski definition) is 2. The number of nitrogens with one attached hydrogen (secondary N) is 2. The first-order valence-electron chi connectivity index (χ1n) is 8.68. The fourth-order valence-electron chi connectivity index (χ4n) is 2.26. The molecule has 0 radical (unpaired) electrons. The smallest absolute Gasteiger partial charge is 0.340 e. The molecule has 0 saturated carbocycles. The minimum absolute atomic E-state index is 0.140. The molecule has 0 aliphatic carbocycles. The highest BCUT2D eigenvalue weighted by Gasteiger charge is 2.26. The summed E-state index contributed by atoms with van der Waals surface area (Å²) in [5.74, 6) is -1.44. The predicted octanol–water partition coefficient (Wildman–Crippen LogP) is 4.31. The van der Waals surface area contributed by atoms with Crippen LogP contribution in [-0.2, 0) is 23.9 Å². The lowest BCUT2D eigenvalue weighted by Crippen LogP contribution is -2.19. The topological polar surface area (TPSA) is 111 Å². The van der Waals surface area contributed by atoms with E-state index in [9.17, 15) is 19.2 Å². The van der Waals surface area contributed by atoms with Gasteiger partial charge in [0.15, 0.2) is 0 Å². The molecule has 0 aliphatic heterocycles. The van der Waals surface area contributed by atoms with Crippen molar-refractivity contribution in [3.63, 3.8) is 0 Å². The van der Waals surface area contributed by atoms with E-state index < -0.39 is 5.97 Å². The molecule has 8 nitrogen and oxygen atoms in total. The van der Waals surface area contributed by atoms with E-state index in [-0.39, 0.29) is 36.4 Å². The first-order valence-corrected chi connectivity index (χ1v) is 11.9. The predicted molar refractivity (Wildman–Crippen MR) is 134 cm³/mol. The third kappa shape index (κ3) is 8.15. The second-order valence-electron chi connectivity index (χ2n) is 5.83. The Morgan fingerprint density at radius 1 is 0.828 bits per heavy atom. The molecule has 29 heavy (non-hydrogen) atoms. The Morgan fingerprint density at radius 3 is 1.79 bits per heavy atom. The summed E-state index contributed by atoms with van der Waals surface area (Å²) in [5.41, 5.74) is 1.15. The molecule has 0 atom stereocenters. The van der Waals surface area contributed by atoms with Crippen molar-refractivity contribution in [1.29, 1.82) is 0 Å². The maximum absolute atomic E-state index is 12.7. The number of carbonyl (C=O) groups is 4. The quantitative estimate of drug-likeness (QED) is 0.222. The number of unbranched alkanes of at least 4 members (excludes halogenated alkanes) is 1. The molecule has 0 unspecified atom stereocenters. The average molecular weight is 742 g/mol. The van der Waals surface area contributed by atoms with Crippen LogP contribution < -0.4 is 10.6 Å². The van der Waals surface area contributed by atoms with Gasteiger partial charge in [-0.1, -0.05) is 0 Å². The third-order valence-electron chi connectivity index (χ3n) is 3.44. The molecular formula is C18H21I3N2O6. The first kappa shape index (κ1) is 26.3. The highest BCUT2D eigenvalue weighted by molar-refractivity contribution is 14.1. The minimum atomic E-state index is -0.565. The lowest BCUT2D eigenvalue weighted by atomic mass is 10.1. The van der Waals surface area contributed by atoms with Crippen molar-refractivity contribution in [3.05, 3.63) is 16.3 Å². The molecule has 0 bridgehead atoms. The van der Waals surface area contributed by atoms with Crippen LogP contribution in [0.3, 0.4) is 0 Å². The molecule has 1 aromatic carbocycles. The Bertz CT molecular complexity index is 770. The van der Waals surface area contributed by atoms with E-state index in [1.54, 1.807) is 6.92 Å². The number of carbonyl (C=O) groups excluding carboxylic acids is 4. The lowest BCUT2D eigenvalue weighted by molar-refractivity contribution is -0.143. The summed E-state index contributed by atoms with van der Waals surface area (Å²) < 4.78 is 11.9. The average Bonchev–Trinajstić information content (AvgIpc) is 2.62. The van der Waals surface area contributed by atoms with Gasteiger partial charge in [0.05, 0.1) is 40.9 Å². The van der Waals surface area contributed by atoms with Crippen LogP contribution in [0.4, 0.5) is 11.4 Å². The second kappa shape index (κ2) is 12.9. The fourth-order valence-corrected chi connectivity index (χ4v) is 6.40. The van der Waals surface area contributed by atoms with Gasteiger partial charge in [-0.15, -0.1) is 0 Å². The third-order valence-corrected chi connectivity index (χ3v) is 6.67. The number of halogens is 3. The number of esters is 2. The van der Waals surface area contributed by atoms with Crippen LogP contribution in [0, 0.1) is 10.7 Å². The Labute approximate surface area is 210 Å². The molecule has 160 valence electrons. The molecule has 0 heterocycles. The standard InChI is InChI=1S/C18H21I3N2O6/c1-4-28-11(26)7-5-6-8-29-18(27)12-13(19)16(22-9(2)24)15(21)17(14(12)20)23-10(3)25/h4-8H2,1-3H3,(H,22,24)(H,23,25). The van der Waals surface area contributed by atoms with Crippen molar-refractivity contribution in [3.8, 4) is 0 Å². The molecule has 0 spiro atoms. The Balaban J connectivity index is 3.03. The zero-order valence-electron chi connectivity index (χ0n) is 16.1. The maximum Gasteiger partial charge on any atom is 0.340 e. The van der Waals surface area contributed by atoms with Gasteiger partial charge >= 0.3 is 11.9 Å². The van der Waals surface area contributed by atoms with Gasteiger partial charge in [0.2, 0.25) is 11.8 Å². The van der Waals surface area contributed by atoms with Crippen molar-refractivity contribution in [1.82, 2.24) is 0 Å².